The number of hydrogen-bond donors (Lipinski definition) is 2. The van der Waals surface area contributed by atoms with Gasteiger partial charge in [-0.05, 0) is 36.5 Å². The third-order valence-corrected chi connectivity index (χ3v) is 4.60. The highest BCUT2D eigenvalue weighted by atomic mass is 35.5. The SMILES string of the molecule is C=C(CC)C(=O)c1ccc(OCC(=O)N[C@@H](CC(C)C)C(=O)O)c(Cl)c1Cl. The summed E-state index contributed by atoms with van der Waals surface area (Å²) >= 11 is 12.3. The average molecular weight is 416 g/mol. The zero-order chi connectivity index (χ0) is 20.7. The van der Waals surface area contributed by atoms with Gasteiger partial charge in [0.2, 0.25) is 0 Å². The minimum atomic E-state index is -1.11. The highest BCUT2D eigenvalue weighted by Gasteiger charge is 2.22. The van der Waals surface area contributed by atoms with Crippen molar-refractivity contribution in [3.63, 3.8) is 0 Å². The number of ketones is 1. The lowest BCUT2D eigenvalue weighted by molar-refractivity contribution is -0.142. The van der Waals surface area contributed by atoms with Crippen LogP contribution in [0.3, 0.4) is 0 Å². The quantitative estimate of drug-likeness (QED) is 0.442. The number of aliphatic carboxylic acids is 1. The van der Waals surface area contributed by atoms with Gasteiger partial charge in [-0.15, -0.1) is 0 Å². The monoisotopic (exact) mass is 415 g/mol. The van der Waals surface area contributed by atoms with Gasteiger partial charge in [0.05, 0.1) is 5.02 Å². The second-order valence-electron chi connectivity index (χ2n) is 6.40. The molecule has 0 saturated carbocycles. The molecule has 2 N–H and O–H groups in total. The summed E-state index contributed by atoms with van der Waals surface area (Å²) in [7, 11) is 0. The minimum absolute atomic E-state index is 0.00353. The molecule has 0 spiro atoms. The molecule has 0 fully saturated rings. The van der Waals surface area contributed by atoms with Crippen LogP contribution in [0.5, 0.6) is 5.75 Å². The number of ether oxygens (including phenoxy) is 1. The molecule has 0 heterocycles. The van der Waals surface area contributed by atoms with Crippen molar-refractivity contribution < 1.29 is 24.2 Å². The van der Waals surface area contributed by atoms with Crippen molar-refractivity contribution in [1.82, 2.24) is 5.32 Å². The van der Waals surface area contributed by atoms with Crippen molar-refractivity contribution >= 4 is 40.9 Å². The summed E-state index contributed by atoms with van der Waals surface area (Å²) in [4.78, 5) is 35.4. The topological polar surface area (TPSA) is 92.7 Å². The third kappa shape index (κ3) is 6.56. The van der Waals surface area contributed by atoms with Crippen LogP contribution in [0.1, 0.15) is 44.0 Å². The fourth-order valence-corrected chi connectivity index (χ4v) is 2.70. The third-order valence-electron chi connectivity index (χ3n) is 3.74. The minimum Gasteiger partial charge on any atom is -0.482 e. The molecular weight excluding hydrogens is 393 g/mol. The van der Waals surface area contributed by atoms with Crippen LogP contribution in [0.15, 0.2) is 24.3 Å². The molecule has 148 valence electrons. The number of carbonyl (C=O) groups excluding carboxylic acids is 2. The molecule has 1 atom stereocenters. The van der Waals surface area contributed by atoms with E-state index in [9.17, 15) is 14.4 Å². The molecule has 0 bridgehead atoms. The Hall–Kier alpha value is -2.05. The first-order valence-corrected chi connectivity index (χ1v) is 9.19. The molecule has 0 aromatic heterocycles. The van der Waals surface area contributed by atoms with Gasteiger partial charge in [0.15, 0.2) is 12.4 Å². The molecule has 0 unspecified atom stereocenters. The van der Waals surface area contributed by atoms with Crippen molar-refractivity contribution in [3.8, 4) is 5.75 Å². The van der Waals surface area contributed by atoms with Crippen LogP contribution in [0, 0.1) is 5.92 Å². The van der Waals surface area contributed by atoms with Crippen molar-refractivity contribution in [2.45, 2.75) is 39.7 Å². The van der Waals surface area contributed by atoms with Gasteiger partial charge in [-0.2, -0.15) is 0 Å². The second kappa shape index (κ2) is 10.3. The molecule has 6 nitrogen and oxygen atoms in total. The van der Waals surface area contributed by atoms with Gasteiger partial charge in [0, 0.05) is 5.56 Å². The normalized spacial score (nSPS) is 11.8. The van der Waals surface area contributed by atoms with E-state index in [2.05, 4.69) is 11.9 Å². The van der Waals surface area contributed by atoms with Gasteiger partial charge < -0.3 is 15.2 Å². The maximum Gasteiger partial charge on any atom is 0.326 e. The first kappa shape index (κ1) is 23.0. The fourth-order valence-electron chi connectivity index (χ4n) is 2.24. The van der Waals surface area contributed by atoms with E-state index in [0.717, 1.165) is 0 Å². The Morgan fingerprint density at radius 1 is 1.22 bits per heavy atom. The molecule has 0 aliphatic rings. The zero-order valence-electron chi connectivity index (χ0n) is 15.5. The van der Waals surface area contributed by atoms with Gasteiger partial charge in [-0.3, -0.25) is 9.59 Å². The molecule has 1 amide bonds. The lowest BCUT2D eigenvalue weighted by Crippen LogP contribution is -2.43. The summed E-state index contributed by atoms with van der Waals surface area (Å²) in [6.07, 6.45) is 0.776. The fraction of sp³-hybridized carbons (Fsp3) is 0.421. The molecule has 0 saturated heterocycles. The molecule has 0 radical (unpaired) electrons. The van der Waals surface area contributed by atoms with Crippen LogP contribution in [-0.2, 0) is 9.59 Å². The Bertz CT molecular complexity index is 746. The predicted molar refractivity (Wildman–Crippen MR) is 105 cm³/mol. The van der Waals surface area contributed by atoms with Gasteiger partial charge in [0.1, 0.15) is 16.8 Å². The van der Waals surface area contributed by atoms with Crippen molar-refractivity contribution in [1.29, 1.82) is 0 Å². The smallest absolute Gasteiger partial charge is 0.326 e. The lowest BCUT2D eigenvalue weighted by atomic mass is 10.0. The Morgan fingerprint density at radius 2 is 1.85 bits per heavy atom. The summed E-state index contributed by atoms with van der Waals surface area (Å²) in [5.41, 5.74) is 0.596. The number of carbonyl (C=O) groups is 3. The predicted octanol–water partition coefficient (Wildman–Crippen LogP) is 4.14. The van der Waals surface area contributed by atoms with E-state index in [1.54, 1.807) is 6.92 Å². The van der Waals surface area contributed by atoms with Crippen molar-refractivity contribution in [2.75, 3.05) is 6.61 Å². The molecular formula is C19H23Cl2NO5. The highest BCUT2D eigenvalue weighted by Crippen LogP contribution is 2.35. The molecule has 1 aromatic rings. The Morgan fingerprint density at radius 3 is 2.37 bits per heavy atom. The van der Waals surface area contributed by atoms with Gasteiger partial charge >= 0.3 is 5.97 Å². The molecule has 1 rings (SSSR count). The number of rotatable bonds is 10. The largest absolute Gasteiger partial charge is 0.482 e. The van der Waals surface area contributed by atoms with Crippen LogP contribution >= 0.6 is 23.2 Å². The van der Waals surface area contributed by atoms with Crippen LogP contribution < -0.4 is 10.1 Å². The number of halogens is 2. The van der Waals surface area contributed by atoms with Crippen LogP contribution in [-0.4, -0.2) is 35.4 Å². The zero-order valence-corrected chi connectivity index (χ0v) is 17.0. The van der Waals surface area contributed by atoms with Gasteiger partial charge in [-0.25, -0.2) is 4.79 Å². The summed E-state index contributed by atoms with van der Waals surface area (Å²) in [5.74, 6) is -1.81. The van der Waals surface area contributed by atoms with E-state index in [0.29, 0.717) is 18.4 Å². The number of nitrogens with one attached hydrogen (secondary N) is 1. The van der Waals surface area contributed by atoms with Gasteiger partial charge in [-0.1, -0.05) is 50.6 Å². The first-order chi connectivity index (χ1) is 12.6. The van der Waals surface area contributed by atoms with Crippen LogP contribution in [0.2, 0.25) is 10.0 Å². The Kier molecular flexibility index (Phi) is 8.79. The molecule has 27 heavy (non-hydrogen) atoms. The molecule has 0 aliphatic carbocycles. The van der Waals surface area contributed by atoms with E-state index < -0.39 is 24.5 Å². The first-order valence-electron chi connectivity index (χ1n) is 8.43. The summed E-state index contributed by atoms with van der Waals surface area (Å²) < 4.78 is 5.33. The number of carboxylic acids is 1. The Balaban J connectivity index is 2.81. The van der Waals surface area contributed by atoms with E-state index in [4.69, 9.17) is 33.0 Å². The molecule has 8 heteroatoms. The lowest BCUT2D eigenvalue weighted by Gasteiger charge is -2.17. The summed E-state index contributed by atoms with van der Waals surface area (Å²) in [6.45, 7) is 8.76. The number of amides is 1. The average Bonchev–Trinajstić information content (AvgIpc) is 2.60. The summed E-state index contributed by atoms with van der Waals surface area (Å²) in [6, 6.07) is 1.88. The number of hydrogen-bond acceptors (Lipinski definition) is 4. The van der Waals surface area contributed by atoms with Crippen molar-refractivity contribution in [2.24, 2.45) is 5.92 Å². The maximum absolute atomic E-state index is 12.2. The van der Waals surface area contributed by atoms with Crippen LogP contribution in [0.25, 0.3) is 0 Å². The van der Waals surface area contributed by atoms with E-state index in [-0.39, 0.29) is 33.1 Å². The number of Topliss-reactive ketones (excluding diaryl/α,β-unsaturated/α-hetero) is 1. The Labute approximate surface area is 168 Å². The highest BCUT2D eigenvalue weighted by molar-refractivity contribution is 6.45. The molecule has 1 aromatic carbocycles. The summed E-state index contributed by atoms with van der Waals surface area (Å²) in [5, 5.41) is 11.6. The second-order valence-corrected chi connectivity index (χ2v) is 7.16. The number of benzene rings is 1. The standard InChI is InChI=1S/C19H23Cl2NO5/c1-5-11(4)18(24)12-6-7-14(17(21)16(12)20)27-9-15(23)22-13(19(25)26)8-10(2)3/h6-7,10,13H,4-5,8-9H2,1-3H3,(H,22,23)(H,25,26)/t13-/m0/s1. The number of allylic oxidation sites excluding steroid dienone is 1. The molecule has 0 aliphatic heterocycles. The number of carboxylic acid groups (broad SMARTS) is 1. The van der Waals surface area contributed by atoms with Crippen molar-refractivity contribution in [3.05, 3.63) is 39.9 Å². The maximum atomic E-state index is 12.2. The van der Waals surface area contributed by atoms with E-state index in [1.165, 1.54) is 12.1 Å². The van der Waals surface area contributed by atoms with E-state index >= 15 is 0 Å². The van der Waals surface area contributed by atoms with Gasteiger partial charge in [0.25, 0.3) is 5.91 Å². The van der Waals surface area contributed by atoms with E-state index in [1.807, 2.05) is 13.8 Å². The van der Waals surface area contributed by atoms with Crippen LogP contribution in [0.4, 0.5) is 0 Å².